The molecule has 1 fully saturated rings. The molecule has 1 N–H and O–H groups in total. The smallest absolute Gasteiger partial charge is 0.270 e. The third-order valence-electron chi connectivity index (χ3n) is 5.78. The van der Waals surface area contributed by atoms with Crippen LogP contribution in [-0.4, -0.2) is 29.9 Å². The number of ether oxygens (including phenoxy) is 2. The molecule has 0 unspecified atom stereocenters. The van der Waals surface area contributed by atoms with Gasteiger partial charge in [-0.1, -0.05) is 69.2 Å². The van der Waals surface area contributed by atoms with Crippen molar-refractivity contribution in [2.75, 3.05) is 23.9 Å². The molecule has 3 aromatic rings. The van der Waals surface area contributed by atoms with E-state index in [0.717, 1.165) is 21.3 Å². The predicted octanol–water partition coefficient (Wildman–Crippen LogP) is 7.80. The van der Waals surface area contributed by atoms with Crippen molar-refractivity contribution in [3.8, 4) is 11.5 Å². The first-order chi connectivity index (χ1) is 18.1. The van der Waals surface area contributed by atoms with Gasteiger partial charge in [0.1, 0.15) is 0 Å². The number of amides is 2. The Bertz CT molecular complexity index is 1500. The SMILES string of the molecule is COc1cc(/C=C2\SC(=S)N(c3ccc(Cl)cc3Cl)C2=O)ccc1OCC(=O)Nc1ccc(Br)c(C)c1C. The maximum atomic E-state index is 13.1. The van der Waals surface area contributed by atoms with Gasteiger partial charge >= 0.3 is 0 Å². The van der Waals surface area contributed by atoms with Crippen molar-refractivity contribution < 1.29 is 19.1 Å². The van der Waals surface area contributed by atoms with Crippen LogP contribution in [0.2, 0.25) is 10.0 Å². The Morgan fingerprint density at radius 2 is 1.87 bits per heavy atom. The number of thiocarbonyl (C=S) groups is 1. The number of rotatable bonds is 7. The van der Waals surface area contributed by atoms with Crippen LogP contribution < -0.4 is 19.7 Å². The van der Waals surface area contributed by atoms with Crippen LogP contribution in [-0.2, 0) is 9.59 Å². The molecule has 1 heterocycles. The second kappa shape index (κ2) is 12.1. The highest BCUT2D eigenvalue weighted by atomic mass is 79.9. The van der Waals surface area contributed by atoms with Gasteiger partial charge in [0.15, 0.2) is 22.4 Å². The maximum absolute atomic E-state index is 13.1. The molecule has 3 aromatic carbocycles. The number of nitrogens with zero attached hydrogens (tertiary/aromatic N) is 1. The molecule has 196 valence electrons. The minimum atomic E-state index is -0.300. The number of hydrogen-bond donors (Lipinski definition) is 1. The number of benzene rings is 3. The van der Waals surface area contributed by atoms with E-state index in [4.69, 9.17) is 44.9 Å². The van der Waals surface area contributed by atoms with Crippen LogP contribution in [0.4, 0.5) is 11.4 Å². The van der Waals surface area contributed by atoms with Gasteiger partial charge in [-0.2, -0.15) is 0 Å². The zero-order valence-electron chi connectivity index (χ0n) is 20.4. The van der Waals surface area contributed by atoms with Crippen LogP contribution in [0.1, 0.15) is 16.7 Å². The summed E-state index contributed by atoms with van der Waals surface area (Å²) < 4.78 is 12.5. The molecule has 0 radical (unpaired) electrons. The largest absolute Gasteiger partial charge is 0.493 e. The molecule has 4 rings (SSSR count). The van der Waals surface area contributed by atoms with Crippen LogP contribution in [0, 0.1) is 13.8 Å². The first-order valence-corrected chi connectivity index (χ1v) is 14.0. The molecule has 1 aliphatic rings. The molecular formula is C27H21BrCl2N2O4S2. The third-order valence-corrected chi connectivity index (χ3v) is 8.48. The predicted molar refractivity (Wildman–Crippen MR) is 163 cm³/mol. The second-order valence-electron chi connectivity index (χ2n) is 8.20. The van der Waals surface area contributed by atoms with Crippen molar-refractivity contribution in [2.45, 2.75) is 13.8 Å². The van der Waals surface area contributed by atoms with Gasteiger partial charge in [0.05, 0.1) is 22.7 Å². The summed E-state index contributed by atoms with van der Waals surface area (Å²) in [6, 6.07) is 13.8. The minimum Gasteiger partial charge on any atom is -0.493 e. The molecule has 6 nitrogen and oxygen atoms in total. The zero-order chi connectivity index (χ0) is 27.6. The summed E-state index contributed by atoms with van der Waals surface area (Å²) in [6.07, 6.45) is 1.71. The Morgan fingerprint density at radius 1 is 1.11 bits per heavy atom. The standard InChI is InChI=1S/C27H21BrCl2N2O4S2/c1-14-15(2)20(7-6-18(14)28)31-25(33)13-36-22-9-4-16(10-23(22)35-3)11-24-26(34)32(27(37)38-24)21-8-5-17(29)12-19(21)30/h4-12H,13H2,1-3H3,(H,31,33)/b24-11-. The molecule has 38 heavy (non-hydrogen) atoms. The van der Waals surface area contributed by atoms with Gasteiger partial charge in [-0.05, 0) is 79.1 Å². The van der Waals surface area contributed by atoms with E-state index in [1.54, 1.807) is 42.5 Å². The van der Waals surface area contributed by atoms with Crippen molar-refractivity contribution in [1.29, 1.82) is 0 Å². The van der Waals surface area contributed by atoms with E-state index >= 15 is 0 Å². The van der Waals surface area contributed by atoms with Gasteiger partial charge in [-0.3, -0.25) is 14.5 Å². The van der Waals surface area contributed by atoms with Crippen LogP contribution >= 0.6 is 63.1 Å². The molecule has 0 saturated carbocycles. The number of halogens is 3. The van der Waals surface area contributed by atoms with Crippen LogP contribution in [0.15, 0.2) is 57.9 Å². The molecule has 1 saturated heterocycles. The topological polar surface area (TPSA) is 67.9 Å². The molecule has 2 amide bonds. The number of carbonyl (C=O) groups excluding carboxylic acids is 2. The number of thioether (sulfide) groups is 1. The first kappa shape index (κ1) is 28.4. The van der Waals surface area contributed by atoms with E-state index in [-0.39, 0.29) is 18.4 Å². The normalized spacial score (nSPS) is 14.3. The summed E-state index contributed by atoms with van der Waals surface area (Å²) >= 11 is 22.4. The van der Waals surface area contributed by atoms with Gasteiger partial charge in [0.2, 0.25) is 0 Å². The number of carbonyl (C=O) groups is 2. The Hall–Kier alpha value is -2.56. The van der Waals surface area contributed by atoms with Gasteiger partial charge in [-0.25, -0.2) is 0 Å². The van der Waals surface area contributed by atoms with Gasteiger partial charge in [-0.15, -0.1) is 0 Å². The summed E-state index contributed by atoms with van der Waals surface area (Å²) in [5.74, 6) is 0.214. The zero-order valence-corrected chi connectivity index (χ0v) is 25.2. The quantitative estimate of drug-likeness (QED) is 0.208. The van der Waals surface area contributed by atoms with E-state index < -0.39 is 0 Å². The lowest BCUT2D eigenvalue weighted by Gasteiger charge is -2.16. The molecule has 0 bridgehead atoms. The molecule has 0 aliphatic carbocycles. The van der Waals surface area contributed by atoms with E-state index in [9.17, 15) is 9.59 Å². The number of hydrogen-bond acceptors (Lipinski definition) is 6. The van der Waals surface area contributed by atoms with Crippen molar-refractivity contribution in [3.63, 3.8) is 0 Å². The van der Waals surface area contributed by atoms with Gasteiger partial charge < -0.3 is 14.8 Å². The highest BCUT2D eigenvalue weighted by molar-refractivity contribution is 9.10. The van der Waals surface area contributed by atoms with E-state index in [1.165, 1.54) is 23.8 Å². The fourth-order valence-corrected chi connectivity index (χ4v) is 5.84. The number of anilines is 2. The maximum Gasteiger partial charge on any atom is 0.270 e. The van der Waals surface area contributed by atoms with E-state index in [0.29, 0.717) is 42.0 Å². The number of nitrogens with one attached hydrogen (secondary N) is 1. The first-order valence-electron chi connectivity index (χ1n) is 11.2. The highest BCUT2D eigenvalue weighted by Crippen LogP contribution is 2.40. The monoisotopic (exact) mass is 650 g/mol. The van der Waals surface area contributed by atoms with Gasteiger partial charge in [0, 0.05) is 15.2 Å². The Kier molecular flexibility index (Phi) is 9.05. The van der Waals surface area contributed by atoms with Gasteiger partial charge in [0.25, 0.3) is 11.8 Å². The van der Waals surface area contributed by atoms with Crippen LogP contribution in [0.5, 0.6) is 11.5 Å². The Balaban J connectivity index is 1.47. The van der Waals surface area contributed by atoms with Crippen LogP contribution in [0.25, 0.3) is 6.08 Å². The summed E-state index contributed by atoms with van der Waals surface area (Å²) in [7, 11) is 1.50. The molecular weight excluding hydrogens is 631 g/mol. The van der Waals surface area contributed by atoms with Crippen molar-refractivity contribution >= 4 is 96.7 Å². The fourth-order valence-electron chi connectivity index (χ4n) is 3.64. The van der Waals surface area contributed by atoms with Crippen molar-refractivity contribution in [3.05, 3.63) is 84.6 Å². The summed E-state index contributed by atoms with van der Waals surface area (Å²) in [6.45, 7) is 3.71. The fraction of sp³-hybridized carbons (Fsp3) is 0.148. The van der Waals surface area contributed by atoms with Crippen molar-refractivity contribution in [1.82, 2.24) is 0 Å². The second-order valence-corrected chi connectivity index (χ2v) is 11.6. The molecule has 0 spiro atoms. The summed E-state index contributed by atoms with van der Waals surface area (Å²) in [4.78, 5) is 27.4. The molecule has 0 aromatic heterocycles. The lowest BCUT2D eigenvalue weighted by molar-refractivity contribution is -0.118. The lowest BCUT2D eigenvalue weighted by atomic mass is 10.1. The van der Waals surface area contributed by atoms with E-state index in [1.807, 2.05) is 26.0 Å². The van der Waals surface area contributed by atoms with Crippen molar-refractivity contribution in [2.24, 2.45) is 0 Å². The van der Waals surface area contributed by atoms with E-state index in [2.05, 4.69) is 21.2 Å². The highest BCUT2D eigenvalue weighted by Gasteiger charge is 2.34. The molecule has 0 atom stereocenters. The summed E-state index contributed by atoms with van der Waals surface area (Å²) in [5, 5.41) is 3.66. The summed E-state index contributed by atoms with van der Waals surface area (Å²) in [5.41, 5.74) is 3.91. The Morgan fingerprint density at radius 3 is 2.58 bits per heavy atom. The number of methoxy groups -OCH3 is 1. The average Bonchev–Trinajstić information content (AvgIpc) is 3.15. The average molecular weight is 652 g/mol. The lowest BCUT2D eigenvalue weighted by Crippen LogP contribution is -2.27. The molecule has 1 aliphatic heterocycles. The Labute approximate surface area is 248 Å². The third kappa shape index (κ3) is 6.18. The molecule has 11 heteroatoms. The minimum absolute atomic E-state index is 0.204. The van der Waals surface area contributed by atoms with Crippen LogP contribution in [0.3, 0.4) is 0 Å².